The largest absolute Gasteiger partial charge is 0.321 e. The zero-order valence-corrected chi connectivity index (χ0v) is 9.29. The third-order valence-corrected chi connectivity index (χ3v) is 2.08. The van der Waals surface area contributed by atoms with Crippen LogP contribution in [0.2, 0.25) is 0 Å². The van der Waals surface area contributed by atoms with Crippen LogP contribution in [0.4, 0.5) is 5.69 Å². The second-order valence-corrected chi connectivity index (χ2v) is 3.51. The molecule has 17 heavy (non-hydrogen) atoms. The van der Waals surface area contributed by atoms with Crippen molar-refractivity contribution >= 4 is 11.6 Å². The lowest BCUT2D eigenvalue weighted by molar-refractivity contribution is -0.112. The molecule has 0 aliphatic rings. The topological polar surface area (TPSA) is 72.7 Å². The van der Waals surface area contributed by atoms with Crippen LogP contribution in [0.15, 0.2) is 43.1 Å². The van der Waals surface area contributed by atoms with Crippen LogP contribution in [0.25, 0.3) is 5.82 Å². The van der Waals surface area contributed by atoms with E-state index in [2.05, 4.69) is 27.1 Å². The lowest BCUT2D eigenvalue weighted by Gasteiger charge is -2.05. The van der Waals surface area contributed by atoms with Crippen LogP contribution >= 0.6 is 0 Å². The molecule has 2 rings (SSSR count). The van der Waals surface area contributed by atoms with E-state index in [1.165, 1.54) is 0 Å². The van der Waals surface area contributed by atoms with Crippen molar-refractivity contribution < 1.29 is 4.79 Å². The predicted molar refractivity (Wildman–Crippen MR) is 62.6 cm³/mol. The highest BCUT2D eigenvalue weighted by atomic mass is 16.1. The Morgan fingerprint density at radius 1 is 1.35 bits per heavy atom. The third kappa shape index (κ3) is 2.54. The first kappa shape index (κ1) is 11.0. The molecule has 0 radical (unpaired) electrons. The molecule has 2 aromatic rings. The average molecular weight is 229 g/mol. The van der Waals surface area contributed by atoms with Crippen molar-refractivity contribution in [3.63, 3.8) is 0 Å². The van der Waals surface area contributed by atoms with Gasteiger partial charge in [0.1, 0.15) is 18.5 Å². The molecule has 0 unspecified atom stereocenters. The molecule has 0 aliphatic carbocycles. The number of carbonyl (C=O) groups excluding carboxylic acids is 1. The summed E-state index contributed by atoms with van der Waals surface area (Å²) >= 11 is 0. The number of nitrogens with zero attached hydrogens (tertiary/aromatic N) is 4. The van der Waals surface area contributed by atoms with Gasteiger partial charge in [-0.2, -0.15) is 0 Å². The summed E-state index contributed by atoms with van der Waals surface area (Å²) in [6, 6.07) is 3.51. The summed E-state index contributed by atoms with van der Waals surface area (Å²) in [5.74, 6) is 0.465. The second kappa shape index (κ2) is 4.56. The molecule has 0 spiro atoms. The molecular weight excluding hydrogens is 218 g/mol. The lowest BCUT2D eigenvalue weighted by Crippen LogP contribution is -2.12. The van der Waals surface area contributed by atoms with Gasteiger partial charge in [0, 0.05) is 5.57 Å². The minimum absolute atomic E-state index is 0.219. The standard InChI is InChI=1S/C11H11N5O/c1-8(2)11(17)15-9-3-4-10(12-5-9)16-6-13-14-7-16/h3-7H,1H2,2H3,(H,15,17). The molecule has 0 saturated heterocycles. The molecule has 6 nitrogen and oxygen atoms in total. The number of pyridine rings is 1. The van der Waals surface area contributed by atoms with Gasteiger partial charge < -0.3 is 5.32 Å². The maximum Gasteiger partial charge on any atom is 0.250 e. The Bertz CT molecular complexity index is 529. The quantitative estimate of drug-likeness (QED) is 0.802. The highest BCUT2D eigenvalue weighted by molar-refractivity contribution is 6.02. The molecule has 2 aromatic heterocycles. The Kier molecular flexibility index (Phi) is 2.95. The van der Waals surface area contributed by atoms with E-state index in [-0.39, 0.29) is 5.91 Å². The Balaban J connectivity index is 2.14. The number of nitrogens with one attached hydrogen (secondary N) is 1. The SMILES string of the molecule is C=C(C)C(=O)Nc1ccc(-n2cnnc2)nc1. The minimum Gasteiger partial charge on any atom is -0.321 e. The normalized spacial score (nSPS) is 9.94. The first-order valence-electron chi connectivity index (χ1n) is 4.95. The van der Waals surface area contributed by atoms with Gasteiger partial charge in [-0.1, -0.05) is 6.58 Å². The van der Waals surface area contributed by atoms with Gasteiger partial charge >= 0.3 is 0 Å². The smallest absolute Gasteiger partial charge is 0.250 e. The molecule has 1 amide bonds. The van der Waals surface area contributed by atoms with Gasteiger partial charge in [-0.25, -0.2) is 4.98 Å². The Morgan fingerprint density at radius 2 is 2.06 bits per heavy atom. The van der Waals surface area contributed by atoms with Gasteiger partial charge in [0.15, 0.2) is 0 Å². The molecule has 0 atom stereocenters. The van der Waals surface area contributed by atoms with Crippen molar-refractivity contribution in [1.82, 2.24) is 19.7 Å². The minimum atomic E-state index is -0.219. The fraction of sp³-hybridized carbons (Fsp3) is 0.0909. The molecule has 0 fully saturated rings. The summed E-state index contributed by atoms with van der Waals surface area (Å²) in [6.07, 6.45) is 4.67. The number of hydrogen-bond donors (Lipinski definition) is 1. The van der Waals surface area contributed by atoms with Crippen LogP contribution in [0.5, 0.6) is 0 Å². The van der Waals surface area contributed by atoms with Gasteiger partial charge in [-0.05, 0) is 19.1 Å². The summed E-state index contributed by atoms with van der Waals surface area (Å²) in [7, 11) is 0. The summed E-state index contributed by atoms with van der Waals surface area (Å²) in [4.78, 5) is 15.5. The fourth-order valence-electron chi connectivity index (χ4n) is 1.17. The van der Waals surface area contributed by atoms with Crippen LogP contribution in [0.1, 0.15) is 6.92 Å². The number of hydrogen-bond acceptors (Lipinski definition) is 4. The van der Waals surface area contributed by atoms with Crippen molar-refractivity contribution in [2.75, 3.05) is 5.32 Å². The number of anilines is 1. The summed E-state index contributed by atoms with van der Waals surface area (Å²) in [5, 5.41) is 10.0. The maximum atomic E-state index is 11.4. The molecule has 0 aromatic carbocycles. The summed E-state index contributed by atoms with van der Waals surface area (Å²) in [6.45, 7) is 5.20. The number of rotatable bonds is 3. The molecule has 0 bridgehead atoms. The lowest BCUT2D eigenvalue weighted by atomic mass is 10.3. The van der Waals surface area contributed by atoms with Gasteiger partial charge in [0.2, 0.25) is 0 Å². The Hall–Kier alpha value is -2.50. The first-order valence-corrected chi connectivity index (χ1v) is 4.95. The van der Waals surface area contributed by atoms with Crippen molar-refractivity contribution in [3.8, 4) is 5.82 Å². The Labute approximate surface area is 98.0 Å². The van der Waals surface area contributed by atoms with Crippen LogP contribution in [-0.4, -0.2) is 25.7 Å². The number of amides is 1. The molecular formula is C11H11N5O. The number of carbonyl (C=O) groups is 1. The first-order chi connectivity index (χ1) is 8.16. The average Bonchev–Trinajstić information content (AvgIpc) is 2.83. The van der Waals surface area contributed by atoms with Crippen LogP contribution in [0.3, 0.4) is 0 Å². The number of aromatic nitrogens is 4. The highest BCUT2D eigenvalue weighted by Crippen LogP contribution is 2.09. The van der Waals surface area contributed by atoms with Crippen LogP contribution < -0.4 is 5.32 Å². The molecule has 6 heteroatoms. The molecule has 2 heterocycles. The van der Waals surface area contributed by atoms with Gasteiger partial charge in [-0.3, -0.25) is 9.36 Å². The van der Waals surface area contributed by atoms with Crippen molar-refractivity contribution in [2.45, 2.75) is 6.92 Å². The van der Waals surface area contributed by atoms with E-state index in [0.29, 0.717) is 17.1 Å². The predicted octanol–water partition coefficient (Wildman–Crippen LogP) is 1.18. The van der Waals surface area contributed by atoms with Gasteiger partial charge in [-0.15, -0.1) is 10.2 Å². The van der Waals surface area contributed by atoms with E-state index in [9.17, 15) is 4.79 Å². The Morgan fingerprint density at radius 3 is 2.59 bits per heavy atom. The van der Waals surface area contributed by atoms with E-state index in [4.69, 9.17) is 0 Å². The zero-order valence-electron chi connectivity index (χ0n) is 9.29. The van der Waals surface area contributed by atoms with E-state index in [1.807, 2.05) is 0 Å². The zero-order chi connectivity index (χ0) is 12.3. The van der Waals surface area contributed by atoms with E-state index >= 15 is 0 Å². The van der Waals surface area contributed by atoms with Gasteiger partial charge in [0.25, 0.3) is 5.91 Å². The van der Waals surface area contributed by atoms with E-state index in [1.54, 1.807) is 42.5 Å². The highest BCUT2D eigenvalue weighted by Gasteiger charge is 2.03. The molecule has 0 aliphatic heterocycles. The monoisotopic (exact) mass is 229 g/mol. The second-order valence-electron chi connectivity index (χ2n) is 3.51. The molecule has 1 N–H and O–H groups in total. The van der Waals surface area contributed by atoms with Crippen LogP contribution in [0, 0.1) is 0 Å². The maximum absolute atomic E-state index is 11.4. The van der Waals surface area contributed by atoms with Gasteiger partial charge in [0.05, 0.1) is 11.9 Å². The van der Waals surface area contributed by atoms with Crippen LogP contribution in [-0.2, 0) is 4.79 Å². The molecule has 0 saturated carbocycles. The summed E-state index contributed by atoms with van der Waals surface area (Å²) < 4.78 is 1.67. The van der Waals surface area contributed by atoms with Crippen molar-refractivity contribution in [2.24, 2.45) is 0 Å². The summed E-state index contributed by atoms with van der Waals surface area (Å²) in [5.41, 5.74) is 1.07. The van der Waals surface area contributed by atoms with E-state index in [0.717, 1.165) is 0 Å². The van der Waals surface area contributed by atoms with E-state index < -0.39 is 0 Å². The van der Waals surface area contributed by atoms with Crippen molar-refractivity contribution in [1.29, 1.82) is 0 Å². The fourth-order valence-corrected chi connectivity index (χ4v) is 1.17. The molecule has 86 valence electrons. The third-order valence-electron chi connectivity index (χ3n) is 2.08. The van der Waals surface area contributed by atoms with Crippen molar-refractivity contribution in [3.05, 3.63) is 43.1 Å².